The van der Waals surface area contributed by atoms with Gasteiger partial charge in [-0.3, -0.25) is 14.6 Å². The molecule has 1 amide bonds. The Hall–Kier alpha value is -3.26. The van der Waals surface area contributed by atoms with Gasteiger partial charge in [0.05, 0.1) is 17.7 Å². The molecule has 1 aliphatic carbocycles. The molecule has 2 aromatic heterocycles. The van der Waals surface area contributed by atoms with E-state index < -0.39 is 29.4 Å². The largest absolute Gasteiger partial charge is 0.505 e. The van der Waals surface area contributed by atoms with Crippen molar-refractivity contribution < 1.29 is 19.4 Å². The first-order valence-electron chi connectivity index (χ1n) is 10.3. The van der Waals surface area contributed by atoms with Crippen molar-refractivity contribution in [3.8, 4) is 5.75 Å². The summed E-state index contributed by atoms with van der Waals surface area (Å²) in [7, 11) is 1.51. The first-order valence-corrected chi connectivity index (χ1v) is 10.3. The molecule has 2 heterocycles. The van der Waals surface area contributed by atoms with E-state index in [-0.39, 0.29) is 16.9 Å². The molecule has 3 N–H and O–H groups in total. The SMILES string of the molecule is Cn1c(=O)c(C(=O)NC2CCCCC2O)c(O)c2ncc(Cc3ccc(F)cc3)cc21. The Balaban J connectivity index is 1.68. The van der Waals surface area contributed by atoms with E-state index in [0.29, 0.717) is 24.8 Å². The Labute approximate surface area is 178 Å². The summed E-state index contributed by atoms with van der Waals surface area (Å²) in [5.41, 5.74) is 1.14. The number of aliphatic hydroxyl groups is 1. The van der Waals surface area contributed by atoms with Crippen molar-refractivity contribution in [3.63, 3.8) is 0 Å². The molecular weight excluding hydrogens is 401 g/mol. The quantitative estimate of drug-likeness (QED) is 0.596. The second-order valence-corrected chi connectivity index (χ2v) is 8.03. The molecule has 1 aromatic carbocycles. The fourth-order valence-electron chi connectivity index (χ4n) is 4.09. The summed E-state index contributed by atoms with van der Waals surface area (Å²) in [6.45, 7) is 0. The first kappa shape index (κ1) is 21.0. The molecule has 162 valence electrons. The smallest absolute Gasteiger partial charge is 0.267 e. The number of aliphatic hydroxyl groups excluding tert-OH is 1. The highest BCUT2D eigenvalue weighted by atomic mass is 19.1. The molecule has 4 rings (SSSR count). The highest BCUT2D eigenvalue weighted by Gasteiger charge is 2.28. The maximum absolute atomic E-state index is 13.1. The zero-order valence-electron chi connectivity index (χ0n) is 17.1. The van der Waals surface area contributed by atoms with Crippen molar-refractivity contribution in [1.29, 1.82) is 0 Å². The molecule has 0 aliphatic heterocycles. The minimum Gasteiger partial charge on any atom is -0.505 e. The van der Waals surface area contributed by atoms with Gasteiger partial charge in [0.2, 0.25) is 0 Å². The van der Waals surface area contributed by atoms with Crippen LogP contribution in [-0.4, -0.2) is 37.8 Å². The molecule has 0 spiro atoms. The Kier molecular flexibility index (Phi) is 5.73. The Morgan fingerprint density at radius 3 is 2.65 bits per heavy atom. The van der Waals surface area contributed by atoms with E-state index in [1.54, 1.807) is 24.4 Å². The number of hydrogen-bond donors (Lipinski definition) is 3. The number of halogens is 1. The lowest BCUT2D eigenvalue weighted by Crippen LogP contribution is -2.46. The second kappa shape index (κ2) is 8.47. The van der Waals surface area contributed by atoms with Crippen LogP contribution in [0.1, 0.15) is 47.2 Å². The van der Waals surface area contributed by atoms with Crippen LogP contribution in [0.5, 0.6) is 5.75 Å². The molecule has 8 heteroatoms. The number of rotatable bonds is 4. The van der Waals surface area contributed by atoms with Gasteiger partial charge in [0.1, 0.15) is 16.9 Å². The van der Waals surface area contributed by atoms with Gasteiger partial charge >= 0.3 is 0 Å². The van der Waals surface area contributed by atoms with Crippen LogP contribution in [0.4, 0.5) is 4.39 Å². The minimum absolute atomic E-state index is 0.138. The summed E-state index contributed by atoms with van der Waals surface area (Å²) in [5, 5.41) is 23.5. The lowest BCUT2D eigenvalue weighted by molar-refractivity contribution is 0.0714. The molecule has 1 aliphatic rings. The fourth-order valence-corrected chi connectivity index (χ4v) is 4.09. The zero-order chi connectivity index (χ0) is 22.1. The number of benzene rings is 1. The number of fused-ring (bicyclic) bond motifs is 1. The predicted octanol–water partition coefficient (Wildman–Crippen LogP) is 2.40. The monoisotopic (exact) mass is 425 g/mol. The van der Waals surface area contributed by atoms with Crippen LogP contribution in [0.2, 0.25) is 0 Å². The number of pyridine rings is 2. The summed E-state index contributed by atoms with van der Waals surface area (Å²) in [4.78, 5) is 30.0. The van der Waals surface area contributed by atoms with Gasteiger partial charge in [-0.2, -0.15) is 0 Å². The molecule has 7 nitrogen and oxygen atoms in total. The summed E-state index contributed by atoms with van der Waals surface area (Å²) < 4.78 is 14.4. The number of aromatic nitrogens is 2. The predicted molar refractivity (Wildman–Crippen MR) is 114 cm³/mol. The van der Waals surface area contributed by atoms with Gasteiger partial charge in [-0.1, -0.05) is 25.0 Å². The van der Waals surface area contributed by atoms with Crippen LogP contribution in [0.15, 0.2) is 41.3 Å². The molecule has 1 saturated carbocycles. The highest BCUT2D eigenvalue weighted by molar-refractivity contribution is 6.01. The van der Waals surface area contributed by atoms with E-state index in [4.69, 9.17) is 0 Å². The Bertz CT molecular complexity index is 1190. The number of hydrogen-bond acceptors (Lipinski definition) is 5. The average molecular weight is 425 g/mol. The normalized spacial score (nSPS) is 18.8. The standard InChI is InChI=1S/C23H24FN3O4/c1-27-17-11-14(10-13-6-8-15(24)9-7-13)12-25-20(17)21(29)19(23(27)31)22(30)26-16-4-2-3-5-18(16)28/h6-9,11-12,16,18,28-29H,2-5,10H2,1H3,(H,26,30). The molecule has 3 aromatic rings. The number of carbonyl (C=O) groups excluding carboxylic acids is 1. The van der Waals surface area contributed by atoms with E-state index in [1.807, 2.05) is 0 Å². The minimum atomic E-state index is -0.719. The first-order chi connectivity index (χ1) is 14.8. The third kappa shape index (κ3) is 4.16. The summed E-state index contributed by atoms with van der Waals surface area (Å²) in [6.07, 6.45) is 4.33. The molecule has 0 radical (unpaired) electrons. The van der Waals surface area contributed by atoms with Crippen molar-refractivity contribution in [3.05, 3.63) is 69.4 Å². The number of nitrogens with zero attached hydrogens (tertiary/aromatic N) is 2. The van der Waals surface area contributed by atoms with Gasteiger partial charge in [-0.25, -0.2) is 4.39 Å². The van der Waals surface area contributed by atoms with Gasteiger partial charge in [-0.15, -0.1) is 0 Å². The van der Waals surface area contributed by atoms with Crippen LogP contribution >= 0.6 is 0 Å². The van der Waals surface area contributed by atoms with Crippen LogP contribution in [-0.2, 0) is 13.5 Å². The lowest BCUT2D eigenvalue weighted by atomic mass is 9.92. The van der Waals surface area contributed by atoms with Crippen molar-refractivity contribution in [1.82, 2.24) is 14.9 Å². The summed E-state index contributed by atoms with van der Waals surface area (Å²) in [6, 6.07) is 7.36. The fraction of sp³-hybridized carbons (Fsp3) is 0.348. The molecule has 1 fully saturated rings. The second-order valence-electron chi connectivity index (χ2n) is 8.03. The summed E-state index contributed by atoms with van der Waals surface area (Å²) in [5.74, 6) is -1.52. The third-order valence-corrected chi connectivity index (χ3v) is 5.86. The Morgan fingerprint density at radius 1 is 1.23 bits per heavy atom. The number of carbonyl (C=O) groups is 1. The summed E-state index contributed by atoms with van der Waals surface area (Å²) >= 11 is 0. The van der Waals surface area contributed by atoms with Crippen LogP contribution in [0, 0.1) is 5.82 Å². The molecular formula is C23H24FN3O4. The van der Waals surface area contributed by atoms with Crippen LogP contribution in [0.25, 0.3) is 11.0 Å². The zero-order valence-corrected chi connectivity index (χ0v) is 17.1. The lowest BCUT2D eigenvalue weighted by Gasteiger charge is -2.28. The van der Waals surface area contributed by atoms with E-state index >= 15 is 0 Å². The number of nitrogens with one attached hydrogen (secondary N) is 1. The molecule has 2 atom stereocenters. The third-order valence-electron chi connectivity index (χ3n) is 5.86. The van der Waals surface area contributed by atoms with Gasteiger partial charge in [0, 0.05) is 13.2 Å². The van der Waals surface area contributed by atoms with Gasteiger partial charge in [0.15, 0.2) is 5.75 Å². The maximum atomic E-state index is 13.1. The molecule has 0 saturated heterocycles. The van der Waals surface area contributed by atoms with Crippen LogP contribution in [0.3, 0.4) is 0 Å². The topological polar surface area (TPSA) is 104 Å². The van der Waals surface area contributed by atoms with Crippen LogP contribution < -0.4 is 10.9 Å². The van der Waals surface area contributed by atoms with Crippen molar-refractivity contribution in [2.24, 2.45) is 7.05 Å². The van der Waals surface area contributed by atoms with E-state index in [1.165, 1.54) is 23.7 Å². The number of amides is 1. The van der Waals surface area contributed by atoms with Gasteiger partial charge < -0.3 is 20.1 Å². The van der Waals surface area contributed by atoms with E-state index in [9.17, 15) is 24.2 Å². The Morgan fingerprint density at radius 2 is 1.94 bits per heavy atom. The molecule has 0 bridgehead atoms. The van der Waals surface area contributed by atoms with Gasteiger partial charge in [0.25, 0.3) is 11.5 Å². The molecule has 2 unspecified atom stereocenters. The van der Waals surface area contributed by atoms with Crippen molar-refractivity contribution >= 4 is 16.9 Å². The van der Waals surface area contributed by atoms with Crippen molar-refractivity contribution in [2.45, 2.75) is 44.2 Å². The highest BCUT2D eigenvalue weighted by Crippen LogP contribution is 2.26. The van der Waals surface area contributed by atoms with E-state index in [0.717, 1.165) is 24.0 Å². The molecule has 31 heavy (non-hydrogen) atoms. The number of aromatic hydroxyl groups is 1. The van der Waals surface area contributed by atoms with Gasteiger partial charge in [-0.05, 0) is 48.6 Å². The average Bonchev–Trinajstić information content (AvgIpc) is 2.75. The van der Waals surface area contributed by atoms with E-state index in [2.05, 4.69) is 10.3 Å². The number of aryl methyl sites for hydroxylation is 1. The maximum Gasteiger partial charge on any atom is 0.267 e. The van der Waals surface area contributed by atoms with Crippen molar-refractivity contribution in [2.75, 3.05) is 0 Å².